The molecule has 21 heavy (non-hydrogen) atoms. The quantitative estimate of drug-likeness (QED) is 0.884. The van der Waals surface area contributed by atoms with E-state index in [0.717, 1.165) is 5.56 Å². The van der Waals surface area contributed by atoms with E-state index in [9.17, 15) is 8.42 Å². The van der Waals surface area contributed by atoms with Crippen LogP contribution in [0.5, 0.6) is 0 Å². The molecule has 0 fully saturated rings. The third-order valence-electron chi connectivity index (χ3n) is 2.93. The van der Waals surface area contributed by atoms with E-state index in [0.29, 0.717) is 28.8 Å². The predicted molar refractivity (Wildman–Crippen MR) is 83.2 cm³/mol. The number of rotatable bonds is 5. The molecule has 2 rings (SSSR count). The smallest absolute Gasteiger partial charge is 0.265 e. The van der Waals surface area contributed by atoms with Crippen LogP contribution in [0.1, 0.15) is 17.1 Å². The molecule has 0 radical (unpaired) electrons. The fraction of sp³-hybridized carbons (Fsp3) is 0.286. The first-order valence-corrected chi connectivity index (χ1v) is 8.22. The highest BCUT2D eigenvalue weighted by Crippen LogP contribution is 2.27. The molecule has 0 saturated carbocycles. The highest BCUT2D eigenvalue weighted by Gasteiger charge is 2.22. The molecule has 1 heterocycles. The summed E-state index contributed by atoms with van der Waals surface area (Å²) >= 11 is 6.02. The molecule has 0 bridgehead atoms. The SMILES string of the molecule is CNCc1cc(S(=O)(=O)Nc2cc(C)ccc2Cl)c(C)o1. The fourth-order valence-electron chi connectivity index (χ4n) is 1.97. The van der Waals surface area contributed by atoms with Crippen molar-refractivity contribution in [3.8, 4) is 0 Å². The van der Waals surface area contributed by atoms with Crippen LogP contribution < -0.4 is 10.0 Å². The van der Waals surface area contributed by atoms with Crippen LogP contribution in [0.25, 0.3) is 0 Å². The van der Waals surface area contributed by atoms with E-state index < -0.39 is 10.0 Å². The van der Waals surface area contributed by atoms with Gasteiger partial charge in [-0.05, 0) is 38.6 Å². The first kappa shape index (κ1) is 15.9. The second kappa shape index (κ2) is 6.09. The number of aryl methyl sites for hydroxylation is 2. The lowest BCUT2D eigenvalue weighted by atomic mass is 10.2. The summed E-state index contributed by atoms with van der Waals surface area (Å²) in [6, 6.07) is 6.67. The Kier molecular flexibility index (Phi) is 4.61. The molecule has 5 nitrogen and oxygen atoms in total. The molecule has 2 aromatic rings. The van der Waals surface area contributed by atoms with Gasteiger partial charge in [-0.25, -0.2) is 8.42 Å². The molecule has 2 N–H and O–H groups in total. The van der Waals surface area contributed by atoms with Gasteiger partial charge < -0.3 is 9.73 Å². The van der Waals surface area contributed by atoms with Crippen molar-refractivity contribution in [3.05, 3.63) is 46.4 Å². The largest absolute Gasteiger partial charge is 0.464 e. The van der Waals surface area contributed by atoms with Gasteiger partial charge in [-0.2, -0.15) is 0 Å². The Morgan fingerprint density at radius 1 is 1.24 bits per heavy atom. The predicted octanol–water partition coefficient (Wildman–Crippen LogP) is 3.07. The number of hydrogen-bond acceptors (Lipinski definition) is 4. The first-order chi connectivity index (χ1) is 9.83. The summed E-state index contributed by atoms with van der Waals surface area (Å²) in [4.78, 5) is 0.116. The van der Waals surface area contributed by atoms with Gasteiger partial charge in [-0.15, -0.1) is 0 Å². The summed E-state index contributed by atoms with van der Waals surface area (Å²) in [6.45, 7) is 3.94. The molecule has 7 heteroatoms. The zero-order chi connectivity index (χ0) is 15.6. The average Bonchev–Trinajstić information content (AvgIpc) is 2.76. The third kappa shape index (κ3) is 3.58. The van der Waals surface area contributed by atoms with Gasteiger partial charge >= 0.3 is 0 Å². The Morgan fingerprint density at radius 2 is 1.95 bits per heavy atom. The minimum Gasteiger partial charge on any atom is -0.464 e. The maximum Gasteiger partial charge on any atom is 0.265 e. The Labute approximate surface area is 129 Å². The second-order valence-electron chi connectivity index (χ2n) is 4.75. The van der Waals surface area contributed by atoms with E-state index >= 15 is 0 Å². The summed E-state index contributed by atoms with van der Waals surface area (Å²) < 4.78 is 32.8. The maximum atomic E-state index is 12.5. The van der Waals surface area contributed by atoms with Crippen LogP contribution in [0.3, 0.4) is 0 Å². The normalized spacial score (nSPS) is 11.6. The van der Waals surface area contributed by atoms with E-state index in [1.807, 2.05) is 13.0 Å². The Hall–Kier alpha value is -1.50. The number of sulfonamides is 1. The molecular weight excluding hydrogens is 312 g/mol. The zero-order valence-corrected chi connectivity index (χ0v) is 13.6. The van der Waals surface area contributed by atoms with Crippen molar-refractivity contribution in [2.24, 2.45) is 0 Å². The van der Waals surface area contributed by atoms with E-state index in [-0.39, 0.29) is 4.90 Å². The van der Waals surface area contributed by atoms with E-state index in [1.165, 1.54) is 6.07 Å². The molecule has 1 aromatic carbocycles. The van der Waals surface area contributed by atoms with E-state index in [1.54, 1.807) is 26.1 Å². The van der Waals surface area contributed by atoms with E-state index in [4.69, 9.17) is 16.0 Å². The molecule has 0 atom stereocenters. The second-order valence-corrected chi connectivity index (χ2v) is 6.81. The summed E-state index contributed by atoms with van der Waals surface area (Å²) in [5, 5.41) is 3.26. The highest BCUT2D eigenvalue weighted by atomic mass is 35.5. The molecule has 0 saturated heterocycles. The third-order valence-corrected chi connectivity index (χ3v) is 4.73. The summed E-state index contributed by atoms with van der Waals surface area (Å²) in [5.74, 6) is 0.905. The molecule has 0 spiro atoms. The molecule has 0 aliphatic rings. The lowest BCUT2D eigenvalue weighted by Gasteiger charge is -2.09. The van der Waals surface area contributed by atoms with Crippen LogP contribution in [0, 0.1) is 13.8 Å². The number of anilines is 1. The summed E-state index contributed by atoms with van der Waals surface area (Å²) in [6.07, 6.45) is 0. The van der Waals surface area contributed by atoms with Crippen molar-refractivity contribution < 1.29 is 12.8 Å². The highest BCUT2D eigenvalue weighted by molar-refractivity contribution is 7.92. The van der Waals surface area contributed by atoms with Crippen molar-refractivity contribution in [2.45, 2.75) is 25.3 Å². The zero-order valence-electron chi connectivity index (χ0n) is 12.0. The van der Waals surface area contributed by atoms with Crippen molar-refractivity contribution in [3.63, 3.8) is 0 Å². The van der Waals surface area contributed by atoms with Crippen molar-refractivity contribution in [1.82, 2.24) is 5.32 Å². The number of furan rings is 1. The van der Waals surface area contributed by atoms with Crippen LogP contribution in [0.15, 0.2) is 33.6 Å². The number of nitrogens with one attached hydrogen (secondary N) is 2. The van der Waals surface area contributed by atoms with Gasteiger partial charge in [0, 0.05) is 6.07 Å². The average molecular weight is 329 g/mol. The van der Waals surface area contributed by atoms with Gasteiger partial charge in [0.05, 0.1) is 17.3 Å². The van der Waals surface area contributed by atoms with Crippen LogP contribution in [0.2, 0.25) is 5.02 Å². The lowest BCUT2D eigenvalue weighted by molar-refractivity contribution is 0.466. The lowest BCUT2D eigenvalue weighted by Crippen LogP contribution is -2.13. The number of hydrogen-bond donors (Lipinski definition) is 2. The minimum absolute atomic E-state index is 0.116. The summed E-state index contributed by atoms with van der Waals surface area (Å²) in [7, 11) is -1.98. The van der Waals surface area contributed by atoms with Gasteiger partial charge in [0.2, 0.25) is 0 Å². The topological polar surface area (TPSA) is 71.3 Å². The van der Waals surface area contributed by atoms with Gasteiger partial charge in [0.1, 0.15) is 16.4 Å². The number of benzene rings is 1. The van der Waals surface area contributed by atoms with Crippen LogP contribution >= 0.6 is 11.6 Å². The molecule has 114 valence electrons. The first-order valence-electron chi connectivity index (χ1n) is 6.36. The van der Waals surface area contributed by atoms with Gasteiger partial charge in [-0.1, -0.05) is 17.7 Å². The van der Waals surface area contributed by atoms with Crippen molar-refractivity contribution in [1.29, 1.82) is 0 Å². The van der Waals surface area contributed by atoms with Crippen molar-refractivity contribution >= 4 is 27.3 Å². The Bertz CT molecular complexity index is 754. The van der Waals surface area contributed by atoms with Gasteiger partial charge in [-0.3, -0.25) is 4.72 Å². The van der Waals surface area contributed by atoms with E-state index in [2.05, 4.69) is 10.0 Å². The summed E-state index contributed by atoms with van der Waals surface area (Å²) in [5.41, 5.74) is 1.27. The van der Waals surface area contributed by atoms with Gasteiger partial charge in [0.25, 0.3) is 10.0 Å². The molecule has 0 aliphatic carbocycles. The van der Waals surface area contributed by atoms with Crippen LogP contribution in [-0.4, -0.2) is 15.5 Å². The molecular formula is C14H17ClN2O3S. The standard InChI is InChI=1S/C14H17ClN2O3S/c1-9-4-5-12(15)13(6-9)17-21(18,19)14-7-11(8-16-3)20-10(14)2/h4-7,16-17H,8H2,1-3H3. The molecule has 0 amide bonds. The maximum absolute atomic E-state index is 12.5. The van der Waals surface area contributed by atoms with Gasteiger partial charge in [0.15, 0.2) is 0 Å². The number of halogens is 1. The fourth-order valence-corrected chi connectivity index (χ4v) is 3.47. The van der Waals surface area contributed by atoms with Crippen LogP contribution in [0.4, 0.5) is 5.69 Å². The van der Waals surface area contributed by atoms with Crippen molar-refractivity contribution in [2.75, 3.05) is 11.8 Å². The molecule has 0 aliphatic heterocycles. The molecule has 0 unspecified atom stereocenters. The Morgan fingerprint density at radius 3 is 2.62 bits per heavy atom. The monoisotopic (exact) mass is 328 g/mol. The Balaban J connectivity index is 2.36. The van der Waals surface area contributed by atoms with Crippen LogP contribution in [-0.2, 0) is 16.6 Å². The molecule has 1 aromatic heterocycles. The minimum atomic E-state index is -3.74.